The van der Waals surface area contributed by atoms with Gasteiger partial charge in [-0.2, -0.15) is 5.26 Å². The molecule has 0 aromatic rings. The first kappa shape index (κ1) is 13.4. The van der Waals surface area contributed by atoms with E-state index < -0.39 is 0 Å². The van der Waals surface area contributed by atoms with Crippen molar-refractivity contribution in [1.82, 2.24) is 5.32 Å². The minimum absolute atomic E-state index is 0.0898. The van der Waals surface area contributed by atoms with Crippen LogP contribution in [0.25, 0.3) is 0 Å². The Morgan fingerprint density at radius 2 is 2.12 bits per heavy atom. The lowest BCUT2D eigenvalue weighted by Gasteiger charge is -2.27. The summed E-state index contributed by atoms with van der Waals surface area (Å²) in [5.41, 5.74) is 0. The van der Waals surface area contributed by atoms with Crippen LogP contribution in [0, 0.1) is 17.2 Å². The van der Waals surface area contributed by atoms with E-state index in [0.717, 1.165) is 25.8 Å². The summed E-state index contributed by atoms with van der Waals surface area (Å²) < 4.78 is 5.17. The standard InChI is InChI=1S/C12H22N2O2/c13-10-11-4-1-2-5-12(11)14-6-3-8-16-9-7-15/h11-12,14-15H,1-9H2. The molecule has 0 aromatic heterocycles. The Morgan fingerprint density at radius 1 is 1.31 bits per heavy atom. The van der Waals surface area contributed by atoms with Crippen LogP contribution in [0.2, 0.25) is 0 Å². The van der Waals surface area contributed by atoms with Gasteiger partial charge in [-0.25, -0.2) is 0 Å². The Morgan fingerprint density at radius 3 is 2.88 bits per heavy atom. The maximum Gasteiger partial charge on any atom is 0.0697 e. The highest BCUT2D eigenvalue weighted by molar-refractivity contribution is 4.94. The largest absolute Gasteiger partial charge is 0.394 e. The van der Waals surface area contributed by atoms with Gasteiger partial charge in [-0.3, -0.25) is 0 Å². The summed E-state index contributed by atoms with van der Waals surface area (Å²) >= 11 is 0. The van der Waals surface area contributed by atoms with Crippen molar-refractivity contribution in [2.45, 2.75) is 38.1 Å². The number of nitrogens with zero attached hydrogens (tertiary/aromatic N) is 1. The van der Waals surface area contributed by atoms with Gasteiger partial charge in [-0.1, -0.05) is 12.8 Å². The predicted molar refractivity (Wildman–Crippen MR) is 61.9 cm³/mol. The van der Waals surface area contributed by atoms with Crippen LogP contribution in [0.3, 0.4) is 0 Å². The quantitative estimate of drug-likeness (QED) is 0.637. The fourth-order valence-corrected chi connectivity index (χ4v) is 2.16. The second-order valence-corrected chi connectivity index (χ2v) is 4.27. The van der Waals surface area contributed by atoms with Crippen molar-refractivity contribution in [3.63, 3.8) is 0 Å². The third-order valence-corrected chi connectivity index (χ3v) is 3.04. The molecule has 2 unspecified atom stereocenters. The Bertz CT molecular complexity index is 216. The molecular weight excluding hydrogens is 204 g/mol. The molecule has 1 aliphatic carbocycles. The molecule has 0 bridgehead atoms. The van der Waals surface area contributed by atoms with Crippen LogP contribution in [0.4, 0.5) is 0 Å². The molecule has 1 fully saturated rings. The van der Waals surface area contributed by atoms with Gasteiger partial charge in [0.15, 0.2) is 0 Å². The minimum atomic E-state index is 0.0898. The first-order valence-electron chi connectivity index (χ1n) is 6.20. The van der Waals surface area contributed by atoms with Crippen molar-refractivity contribution in [1.29, 1.82) is 5.26 Å². The summed E-state index contributed by atoms with van der Waals surface area (Å²) in [7, 11) is 0. The first-order valence-corrected chi connectivity index (χ1v) is 6.20. The van der Waals surface area contributed by atoms with Crippen LogP contribution >= 0.6 is 0 Å². The monoisotopic (exact) mass is 226 g/mol. The van der Waals surface area contributed by atoms with E-state index in [4.69, 9.17) is 15.1 Å². The molecule has 0 aliphatic heterocycles. The van der Waals surface area contributed by atoms with E-state index in [1.54, 1.807) is 0 Å². The van der Waals surface area contributed by atoms with Gasteiger partial charge in [-0.15, -0.1) is 0 Å². The van der Waals surface area contributed by atoms with Gasteiger partial charge < -0.3 is 15.2 Å². The summed E-state index contributed by atoms with van der Waals surface area (Å²) in [4.78, 5) is 0. The summed E-state index contributed by atoms with van der Waals surface area (Å²) in [6, 6.07) is 2.76. The second-order valence-electron chi connectivity index (χ2n) is 4.27. The van der Waals surface area contributed by atoms with Gasteiger partial charge in [-0.05, 0) is 25.8 Å². The SMILES string of the molecule is N#CC1CCCCC1NCCCOCCO. The highest BCUT2D eigenvalue weighted by Gasteiger charge is 2.23. The molecule has 0 aromatic carbocycles. The molecular formula is C12H22N2O2. The zero-order chi connectivity index (χ0) is 11.6. The summed E-state index contributed by atoms with van der Waals surface area (Å²) in [5, 5.41) is 20.9. The molecule has 0 spiro atoms. The molecule has 4 nitrogen and oxygen atoms in total. The molecule has 0 radical (unpaired) electrons. The lowest BCUT2D eigenvalue weighted by molar-refractivity contribution is 0.0899. The third kappa shape index (κ3) is 4.93. The number of rotatable bonds is 7. The number of nitriles is 1. The highest BCUT2D eigenvalue weighted by atomic mass is 16.5. The van der Waals surface area contributed by atoms with Crippen LogP contribution in [0.1, 0.15) is 32.1 Å². The molecule has 1 aliphatic rings. The van der Waals surface area contributed by atoms with E-state index in [9.17, 15) is 0 Å². The second kappa shape index (κ2) is 8.51. The topological polar surface area (TPSA) is 65.3 Å². The maximum absolute atomic E-state index is 8.99. The number of hydrogen-bond acceptors (Lipinski definition) is 4. The van der Waals surface area contributed by atoms with Gasteiger partial charge >= 0.3 is 0 Å². The number of aliphatic hydroxyl groups is 1. The zero-order valence-electron chi connectivity index (χ0n) is 9.82. The minimum Gasteiger partial charge on any atom is -0.394 e. The van der Waals surface area contributed by atoms with E-state index in [1.807, 2.05) is 0 Å². The molecule has 0 heterocycles. The summed E-state index contributed by atoms with van der Waals surface area (Å²) in [6.45, 7) is 2.09. The molecule has 1 saturated carbocycles. The average Bonchev–Trinajstić information content (AvgIpc) is 2.34. The smallest absolute Gasteiger partial charge is 0.0697 e. The molecule has 92 valence electrons. The Labute approximate surface area is 97.6 Å². The molecule has 2 N–H and O–H groups in total. The highest BCUT2D eigenvalue weighted by Crippen LogP contribution is 2.23. The van der Waals surface area contributed by atoms with Gasteiger partial charge in [0.2, 0.25) is 0 Å². The van der Waals surface area contributed by atoms with Crippen molar-refractivity contribution in [3.05, 3.63) is 0 Å². The lowest BCUT2D eigenvalue weighted by Crippen LogP contribution is -2.38. The fourth-order valence-electron chi connectivity index (χ4n) is 2.16. The molecule has 4 heteroatoms. The Balaban J connectivity index is 2.04. The molecule has 0 amide bonds. The van der Waals surface area contributed by atoms with Crippen LogP contribution < -0.4 is 5.32 Å². The Kier molecular flexibility index (Phi) is 7.15. The number of nitrogens with one attached hydrogen (secondary N) is 1. The average molecular weight is 226 g/mol. The van der Waals surface area contributed by atoms with E-state index in [0.29, 0.717) is 19.3 Å². The van der Waals surface area contributed by atoms with E-state index in [-0.39, 0.29) is 12.5 Å². The number of aliphatic hydroxyl groups excluding tert-OH is 1. The van der Waals surface area contributed by atoms with Gasteiger partial charge in [0.25, 0.3) is 0 Å². The molecule has 2 atom stereocenters. The van der Waals surface area contributed by atoms with Gasteiger partial charge in [0.05, 0.1) is 25.2 Å². The fraction of sp³-hybridized carbons (Fsp3) is 0.917. The van der Waals surface area contributed by atoms with Crippen LogP contribution in [-0.2, 0) is 4.74 Å². The molecule has 16 heavy (non-hydrogen) atoms. The number of hydrogen-bond donors (Lipinski definition) is 2. The normalized spacial score (nSPS) is 25.2. The summed E-state index contributed by atoms with van der Waals surface area (Å²) in [6.07, 6.45) is 5.52. The predicted octanol–water partition coefficient (Wildman–Crippen LogP) is 1.06. The van der Waals surface area contributed by atoms with Crippen LogP contribution in [0.5, 0.6) is 0 Å². The van der Waals surface area contributed by atoms with E-state index >= 15 is 0 Å². The summed E-state index contributed by atoms with van der Waals surface area (Å²) in [5.74, 6) is 0.187. The number of ether oxygens (including phenoxy) is 1. The van der Waals surface area contributed by atoms with E-state index in [2.05, 4.69) is 11.4 Å². The van der Waals surface area contributed by atoms with Crippen molar-refractivity contribution in [2.24, 2.45) is 5.92 Å². The third-order valence-electron chi connectivity index (χ3n) is 3.04. The lowest BCUT2D eigenvalue weighted by atomic mass is 9.85. The first-order chi connectivity index (χ1) is 7.88. The van der Waals surface area contributed by atoms with E-state index in [1.165, 1.54) is 12.8 Å². The molecule has 0 saturated heterocycles. The van der Waals surface area contributed by atoms with Gasteiger partial charge in [0.1, 0.15) is 0 Å². The zero-order valence-corrected chi connectivity index (χ0v) is 9.82. The maximum atomic E-state index is 8.99. The van der Waals surface area contributed by atoms with Crippen LogP contribution in [0.15, 0.2) is 0 Å². The van der Waals surface area contributed by atoms with Crippen molar-refractivity contribution in [2.75, 3.05) is 26.4 Å². The van der Waals surface area contributed by atoms with Crippen molar-refractivity contribution < 1.29 is 9.84 Å². The van der Waals surface area contributed by atoms with Crippen LogP contribution in [-0.4, -0.2) is 37.5 Å². The van der Waals surface area contributed by atoms with Crippen molar-refractivity contribution >= 4 is 0 Å². The van der Waals surface area contributed by atoms with Gasteiger partial charge in [0, 0.05) is 12.6 Å². The molecule has 1 rings (SSSR count). The van der Waals surface area contributed by atoms with Crippen molar-refractivity contribution in [3.8, 4) is 6.07 Å². The Hall–Kier alpha value is -0.630.